The van der Waals surface area contributed by atoms with E-state index in [0.29, 0.717) is 12.0 Å². The standard InChI is InChI=1S/C14H23N5O/c1-13(2)12-10(3-6-20-12)14(13,15)8-18-4-5-19-9-16-17-11(19)7-18/h9-10,12H,3-8,15H2,1-2H3. The molecule has 0 amide bonds. The molecule has 2 N–H and O–H groups in total. The summed E-state index contributed by atoms with van der Waals surface area (Å²) in [4.78, 5) is 2.43. The average molecular weight is 277 g/mol. The number of aromatic nitrogens is 3. The number of nitrogens with two attached hydrogens (primary N) is 1. The molecule has 6 nitrogen and oxygen atoms in total. The van der Waals surface area contributed by atoms with E-state index in [0.717, 1.165) is 45.0 Å². The van der Waals surface area contributed by atoms with Crippen LogP contribution in [0.1, 0.15) is 26.1 Å². The van der Waals surface area contributed by atoms with Crippen molar-refractivity contribution in [1.82, 2.24) is 19.7 Å². The van der Waals surface area contributed by atoms with Crippen molar-refractivity contribution in [3.05, 3.63) is 12.2 Å². The minimum Gasteiger partial charge on any atom is -0.377 e. The Kier molecular flexibility index (Phi) is 2.56. The Labute approximate surface area is 119 Å². The van der Waals surface area contributed by atoms with Gasteiger partial charge in [-0.3, -0.25) is 4.90 Å². The van der Waals surface area contributed by atoms with Crippen LogP contribution in [0.3, 0.4) is 0 Å². The first kappa shape index (κ1) is 12.7. The second kappa shape index (κ2) is 4.02. The lowest BCUT2D eigenvalue weighted by atomic mass is 9.48. The fourth-order valence-corrected chi connectivity index (χ4v) is 4.42. The average Bonchev–Trinajstić information content (AvgIpc) is 3.06. The van der Waals surface area contributed by atoms with Crippen molar-refractivity contribution in [2.45, 2.75) is 45.0 Å². The number of hydrogen-bond donors (Lipinski definition) is 1. The summed E-state index contributed by atoms with van der Waals surface area (Å²) in [6.07, 6.45) is 3.27. The Bertz CT molecular complexity index is 527. The zero-order valence-corrected chi connectivity index (χ0v) is 12.2. The van der Waals surface area contributed by atoms with Crippen molar-refractivity contribution < 1.29 is 4.74 Å². The molecular formula is C14H23N5O. The predicted octanol–water partition coefficient (Wildman–Crippen LogP) is 0.236. The maximum absolute atomic E-state index is 6.83. The molecule has 3 unspecified atom stereocenters. The molecule has 0 bridgehead atoms. The Hall–Kier alpha value is -0.980. The van der Waals surface area contributed by atoms with Crippen LogP contribution in [-0.2, 0) is 17.8 Å². The maximum atomic E-state index is 6.83. The van der Waals surface area contributed by atoms with Gasteiger partial charge in [-0.15, -0.1) is 10.2 Å². The highest BCUT2D eigenvalue weighted by Gasteiger charge is 2.67. The minimum absolute atomic E-state index is 0.0548. The minimum atomic E-state index is -0.143. The Balaban J connectivity index is 1.52. The summed E-state index contributed by atoms with van der Waals surface area (Å²) < 4.78 is 8.00. The van der Waals surface area contributed by atoms with E-state index in [-0.39, 0.29) is 11.0 Å². The second-order valence-electron chi connectivity index (χ2n) is 7.10. The Morgan fingerprint density at radius 2 is 2.30 bits per heavy atom. The van der Waals surface area contributed by atoms with Gasteiger partial charge in [-0.25, -0.2) is 0 Å². The highest BCUT2D eigenvalue weighted by molar-refractivity contribution is 5.21. The zero-order chi connectivity index (χ0) is 14.0. The van der Waals surface area contributed by atoms with Crippen LogP contribution in [-0.4, -0.2) is 51.0 Å². The number of ether oxygens (including phenoxy) is 1. The van der Waals surface area contributed by atoms with Crippen LogP contribution in [0.5, 0.6) is 0 Å². The lowest BCUT2D eigenvalue weighted by Gasteiger charge is -2.63. The van der Waals surface area contributed by atoms with Gasteiger partial charge in [0.25, 0.3) is 0 Å². The summed E-state index contributed by atoms with van der Waals surface area (Å²) in [5, 5.41) is 8.18. The van der Waals surface area contributed by atoms with E-state index in [1.807, 2.05) is 6.33 Å². The first-order valence-corrected chi connectivity index (χ1v) is 7.52. The van der Waals surface area contributed by atoms with Gasteiger partial charge < -0.3 is 15.0 Å². The summed E-state index contributed by atoms with van der Waals surface area (Å²) in [7, 11) is 0. The molecule has 0 spiro atoms. The molecule has 4 rings (SSSR count). The molecule has 2 aliphatic heterocycles. The van der Waals surface area contributed by atoms with Crippen LogP contribution in [0.4, 0.5) is 0 Å². The largest absolute Gasteiger partial charge is 0.377 e. The molecule has 1 aromatic heterocycles. The van der Waals surface area contributed by atoms with Crippen molar-refractivity contribution in [1.29, 1.82) is 0 Å². The van der Waals surface area contributed by atoms with Crippen LogP contribution in [0, 0.1) is 11.3 Å². The van der Waals surface area contributed by atoms with E-state index in [9.17, 15) is 0 Å². The van der Waals surface area contributed by atoms with Crippen molar-refractivity contribution in [3.63, 3.8) is 0 Å². The molecule has 2 fully saturated rings. The molecule has 0 radical (unpaired) electrons. The highest BCUT2D eigenvalue weighted by atomic mass is 16.5. The lowest BCUT2D eigenvalue weighted by Crippen LogP contribution is -2.78. The fourth-order valence-electron chi connectivity index (χ4n) is 4.42. The molecular weight excluding hydrogens is 254 g/mol. The van der Waals surface area contributed by atoms with Crippen molar-refractivity contribution in [2.24, 2.45) is 17.1 Å². The van der Waals surface area contributed by atoms with E-state index in [4.69, 9.17) is 10.5 Å². The third-order valence-corrected chi connectivity index (χ3v) is 5.87. The third-order valence-electron chi connectivity index (χ3n) is 5.87. The third kappa shape index (κ3) is 1.50. The van der Waals surface area contributed by atoms with Crippen LogP contribution < -0.4 is 5.73 Å². The maximum Gasteiger partial charge on any atom is 0.147 e. The number of nitrogens with zero attached hydrogens (tertiary/aromatic N) is 4. The molecule has 20 heavy (non-hydrogen) atoms. The molecule has 6 heteroatoms. The monoisotopic (exact) mass is 277 g/mol. The van der Waals surface area contributed by atoms with E-state index >= 15 is 0 Å². The summed E-state index contributed by atoms with van der Waals surface area (Å²) >= 11 is 0. The molecule has 110 valence electrons. The van der Waals surface area contributed by atoms with Crippen LogP contribution in [0.15, 0.2) is 6.33 Å². The molecule has 1 aromatic rings. The van der Waals surface area contributed by atoms with Crippen LogP contribution in [0.25, 0.3) is 0 Å². The highest BCUT2D eigenvalue weighted by Crippen LogP contribution is 2.58. The van der Waals surface area contributed by atoms with E-state index in [1.165, 1.54) is 0 Å². The summed E-state index contributed by atoms with van der Waals surface area (Å²) in [6.45, 7) is 9.15. The lowest BCUT2D eigenvalue weighted by molar-refractivity contribution is -0.164. The van der Waals surface area contributed by atoms with Gasteiger partial charge in [0.1, 0.15) is 12.2 Å². The fraction of sp³-hybridized carbons (Fsp3) is 0.857. The molecule has 3 heterocycles. The SMILES string of the molecule is CC1(C)C2OCCC2C1(N)CN1CCn2cnnc2C1. The quantitative estimate of drug-likeness (QED) is 0.838. The van der Waals surface area contributed by atoms with Crippen LogP contribution >= 0.6 is 0 Å². The van der Waals surface area contributed by atoms with E-state index < -0.39 is 0 Å². The Morgan fingerprint density at radius 1 is 1.45 bits per heavy atom. The van der Waals surface area contributed by atoms with Gasteiger partial charge in [0.15, 0.2) is 0 Å². The second-order valence-corrected chi connectivity index (χ2v) is 7.10. The van der Waals surface area contributed by atoms with Crippen LogP contribution in [0.2, 0.25) is 0 Å². The van der Waals surface area contributed by atoms with Gasteiger partial charge in [-0.1, -0.05) is 13.8 Å². The molecule has 1 saturated heterocycles. The molecule has 0 aromatic carbocycles. The number of rotatable bonds is 2. The summed E-state index contributed by atoms with van der Waals surface area (Å²) in [5.41, 5.74) is 6.74. The number of hydrogen-bond acceptors (Lipinski definition) is 5. The Morgan fingerprint density at radius 3 is 3.15 bits per heavy atom. The van der Waals surface area contributed by atoms with Crippen molar-refractivity contribution in [3.8, 4) is 0 Å². The van der Waals surface area contributed by atoms with Gasteiger partial charge in [0, 0.05) is 43.1 Å². The van der Waals surface area contributed by atoms with Gasteiger partial charge >= 0.3 is 0 Å². The molecule has 1 saturated carbocycles. The van der Waals surface area contributed by atoms with Crippen molar-refractivity contribution >= 4 is 0 Å². The normalized spacial score (nSPS) is 39.1. The van der Waals surface area contributed by atoms with Gasteiger partial charge in [-0.2, -0.15) is 0 Å². The van der Waals surface area contributed by atoms with Gasteiger partial charge in [-0.05, 0) is 6.42 Å². The first-order valence-electron chi connectivity index (χ1n) is 7.52. The molecule has 1 aliphatic carbocycles. The predicted molar refractivity (Wildman–Crippen MR) is 73.8 cm³/mol. The smallest absolute Gasteiger partial charge is 0.147 e. The summed E-state index contributed by atoms with van der Waals surface area (Å²) in [6, 6.07) is 0. The van der Waals surface area contributed by atoms with E-state index in [1.54, 1.807) is 0 Å². The summed E-state index contributed by atoms with van der Waals surface area (Å²) in [5.74, 6) is 1.56. The van der Waals surface area contributed by atoms with E-state index in [2.05, 4.69) is 33.5 Å². The van der Waals surface area contributed by atoms with Gasteiger partial charge in [0.2, 0.25) is 0 Å². The topological polar surface area (TPSA) is 69.2 Å². The number of fused-ring (bicyclic) bond motifs is 2. The van der Waals surface area contributed by atoms with Crippen molar-refractivity contribution in [2.75, 3.05) is 19.7 Å². The molecule has 3 atom stereocenters. The first-order chi connectivity index (χ1) is 9.52. The zero-order valence-electron chi connectivity index (χ0n) is 12.2. The molecule has 3 aliphatic rings. The van der Waals surface area contributed by atoms with Gasteiger partial charge in [0.05, 0.1) is 12.6 Å².